The van der Waals surface area contributed by atoms with E-state index in [-0.39, 0.29) is 5.92 Å². The van der Waals surface area contributed by atoms with Gasteiger partial charge in [0.2, 0.25) is 0 Å². The van der Waals surface area contributed by atoms with E-state index >= 15 is 0 Å². The molecule has 0 saturated heterocycles. The molecule has 3 heteroatoms. The van der Waals surface area contributed by atoms with Crippen LogP contribution in [-0.4, -0.2) is 0 Å². The summed E-state index contributed by atoms with van der Waals surface area (Å²) in [4.78, 5) is 0. The summed E-state index contributed by atoms with van der Waals surface area (Å²) in [5, 5.41) is 0. The highest BCUT2D eigenvalue weighted by molar-refractivity contribution is 5.33. The summed E-state index contributed by atoms with van der Waals surface area (Å²) in [5.41, 5.74) is 0.959. The maximum atomic E-state index is 12.5. The topological polar surface area (TPSA) is 0 Å². The van der Waals surface area contributed by atoms with Crippen molar-refractivity contribution in [3.05, 3.63) is 34.9 Å². The molecule has 1 rings (SSSR count). The van der Waals surface area contributed by atoms with Gasteiger partial charge in [0.25, 0.3) is 0 Å². The van der Waals surface area contributed by atoms with E-state index in [1.165, 1.54) is 12.1 Å². The van der Waals surface area contributed by atoms with Crippen molar-refractivity contribution in [2.45, 2.75) is 39.3 Å². The third-order valence-electron chi connectivity index (χ3n) is 2.42. The molecule has 0 aliphatic carbocycles. The Morgan fingerprint density at radius 1 is 1.13 bits per heavy atom. The van der Waals surface area contributed by atoms with Crippen LogP contribution in [-0.2, 0) is 12.6 Å². The van der Waals surface area contributed by atoms with E-state index in [1.54, 1.807) is 0 Å². The first-order valence-corrected chi connectivity index (χ1v) is 5.05. The summed E-state index contributed by atoms with van der Waals surface area (Å²) < 4.78 is 37.6. The predicted molar refractivity (Wildman–Crippen MR) is 54.9 cm³/mol. The molecule has 0 bridgehead atoms. The smallest absolute Gasteiger partial charge is 0.166 e. The number of halogens is 3. The minimum absolute atomic E-state index is 0.123. The number of hydrogen-bond acceptors (Lipinski definition) is 0. The molecule has 0 aliphatic heterocycles. The number of hydrogen-bond donors (Lipinski definition) is 0. The van der Waals surface area contributed by atoms with Crippen LogP contribution in [0.3, 0.4) is 0 Å². The third kappa shape index (κ3) is 2.98. The lowest BCUT2D eigenvalue weighted by molar-refractivity contribution is -0.137. The molecule has 84 valence electrons. The summed E-state index contributed by atoms with van der Waals surface area (Å²) in [5.74, 6) is 0.123. The van der Waals surface area contributed by atoms with Crippen LogP contribution in [0.5, 0.6) is 0 Å². The fourth-order valence-corrected chi connectivity index (χ4v) is 1.42. The Morgan fingerprint density at radius 2 is 1.73 bits per heavy atom. The second-order valence-corrected chi connectivity index (χ2v) is 3.97. The second kappa shape index (κ2) is 4.25. The number of benzene rings is 1. The molecule has 0 amide bonds. The maximum Gasteiger partial charge on any atom is 0.416 e. The summed E-state index contributed by atoms with van der Waals surface area (Å²) in [6, 6.07) is 4.32. The summed E-state index contributed by atoms with van der Waals surface area (Å²) >= 11 is 0. The average molecular weight is 216 g/mol. The molecule has 0 fully saturated rings. The highest BCUT2D eigenvalue weighted by Crippen LogP contribution is 2.32. The van der Waals surface area contributed by atoms with Crippen LogP contribution in [0.25, 0.3) is 0 Å². The summed E-state index contributed by atoms with van der Waals surface area (Å²) in [6.07, 6.45) is -3.61. The van der Waals surface area contributed by atoms with Gasteiger partial charge in [-0.1, -0.05) is 26.8 Å². The zero-order valence-corrected chi connectivity index (χ0v) is 9.15. The van der Waals surface area contributed by atoms with E-state index in [0.717, 1.165) is 11.1 Å². The molecule has 0 atom stereocenters. The van der Waals surface area contributed by atoms with Crippen LogP contribution in [0.2, 0.25) is 0 Å². The van der Waals surface area contributed by atoms with Gasteiger partial charge in [0.15, 0.2) is 0 Å². The van der Waals surface area contributed by atoms with Gasteiger partial charge in [0.1, 0.15) is 0 Å². The summed E-state index contributed by atoms with van der Waals surface area (Å²) in [6.45, 7) is 5.66. The average Bonchev–Trinajstić information content (AvgIpc) is 2.15. The molecule has 0 spiro atoms. The standard InChI is InChI=1S/C12H15F3/c1-4-9-5-10(8(2)3)7-11(6-9)12(13,14)15/h5-8H,4H2,1-3H3. The minimum Gasteiger partial charge on any atom is -0.166 e. The third-order valence-corrected chi connectivity index (χ3v) is 2.42. The van der Waals surface area contributed by atoms with Crippen LogP contribution in [0.15, 0.2) is 18.2 Å². The van der Waals surface area contributed by atoms with Gasteiger partial charge in [-0.25, -0.2) is 0 Å². The monoisotopic (exact) mass is 216 g/mol. The fourth-order valence-electron chi connectivity index (χ4n) is 1.42. The second-order valence-electron chi connectivity index (χ2n) is 3.97. The Morgan fingerprint density at radius 3 is 2.13 bits per heavy atom. The minimum atomic E-state index is -4.24. The van der Waals surface area contributed by atoms with Gasteiger partial charge < -0.3 is 0 Å². The van der Waals surface area contributed by atoms with E-state index in [4.69, 9.17) is 0 Å². The predicted octanol–water partition coefficient (Wildman–Crippen LogP) is 4.39. The summed E-state index contributed by atoms with van der Waals surface area (Å²) in [7, 11) is 0. The molecule has 0 N–H and O–H groups in total. The van der Waals surface area contributed by atoms with Crippen LogP contribution < -0.4 is 0 Å². The maximum absolute atomic E-state index is 12.5. The van der Waals surface area contributed by atoms with E-state index in [9.17, 15) is 13.2 Å². The Bertz CT molecular complexity index is 337. The fraction of sp³-hybridized carbons (Fsp3) is 0.500. The molecule has 1 aromatic carbocycles. The van der Waals surface area contributed by atoms with Gasteiger partial charge in [0, 0.05) is 0 Å². The van der Waals surface area contributed by atoms with E-state index in [1.807, 2.05) is 26.8 Å². The highest BCUT2D eigenvalue weighted by atomic mass is 19.4. The molecule has 0 saturated carbocycles. The molecule has 0 radical (unpaired) electrons. The van der Waals surface area contributed by atoms with Gasteiger partial charge in [-0.2, -0.15) is 13.2 Å². The quantitative estimate of drug-likeness (QED) is 0.687. The van der Waals surface area contributed by atoms with Crippen molar-refractivity contribution in [2.24, 2.45) is 0 Å². The van der Waals surface area contributed by atoms with Crippen molar-refractivity contribution in [3.63, 3.8) is 0 Å². The zero-order valence-electron chi connectivity index (χ0n) is 9.15. The lowest BCUT2D eigenvalue weighted by atomic mass is 9.96. The Balaban J connectivity index is 3.23. The molecule has 0 nitrogen and oxygen atoms in total. The van der Waals surface area contributed by atoms with Gasteiger partial charge in [-0.3, -0.25) is 0 Å². The van der Waals surface area contributed by atoms with Crippen molar-refractivity contribution in [1.29, 1.82) is 0 Å². The Kier molecular flexibility index (Phi) is 3.42. The number of alkyl halides is 3. The Labute approximate surface area is 88.1 Å². The van der Waals surface area contributed by atoms with Gasteiger partial charge in [-0.15, -0.1) is 0 Å². The van der Waals surface area contributed by atoms with Crippen molar-refractivity contribution in [2.75, 3.05) is 0 Å². The molecule has 0 heterocycles. The van der Waals surface area contributed by atoms with Gasteiger partial charge in [-0.05, 0) is 35.6 Å². The Hall–Kier alpha value is -0.990. The van der Waals surface area contributed by atoms with Crippen LogP contribution in [0, 0.1) is 0 Å². The zero-order chi connectivity index (χ0) is 11.6. The first-order chi connectivity index (χ1) is 6.84. The van der Waals surface area contributed by atoms with E-state index < -0.39 is 11.7 Å². The molecule has 1 aromatic rings. The van der Waals surface area contributed by atoms with Crippen LogP contribution >= 0.6 is 0 Å². The van der Waals surface area contributed by atoms with E-state index in [0.29, 0.717) is 6.42 Å². The number of rotatable bonds is 2. The van der Waals surface area contributed by atoms with Crippen LogP contribution in [0.1, 0.15) is 43.4 Å². The highest BCUT2D eigenvalue weighted by Gasteiger charge is 2.31. The van der Waals surface area contributed by atoms with Crippen molar-refractivity contribution < 1.29 is 13.2 Å². The normalized spacial score (nSPS) is 12.2. The first-order valence-electron chi connectivity index (χ1n) is 5.05. The van der Waals surface area contributed by atoms with Crippen molar-refractivity contribution in [3.8, 4) is 0 Å². The van der Waals surface area contributed by atoms with Gasteiger partial charge >= 0.3 is 6.18 Å². The largest absolute Gasteiger partial charge is 0.416 e. The lowest BCUT2D eigenvalue weighted by Crippen LogP contribution is -2.07. The molecule has 0 unspecified atom stereocenters. The molecule has 15 heavy (non-hydrogen) atoms. The molecular formula is C12H15F3. The van der Waals surface area contributed by atoms with Crippen LogP contribution in [0.4, 0.5) is 13.2 Å². The lowest BCUT2D eigenvalue weighted by Gasteiger charge is -2.13. The molecule has 0 aliphatic rings. The van der Waals surface area contributed by atoms with Crippen molar-refractivity contribution in [1.82, 2.24) is 0 Å². The first kappa shape index (κ1) is 12.1. The van der Waals surface area contributed by atoms with Crippen molar-refractivity contribution >= 4 is 0 Å². The van der Waals surface area contributed by atoms with E-state index in [2.05, 4.69) is 0 Å². The molecular weight excluding hydrogens is 201 g/mol. The molecule has 0 aromatic heterocycles. The number of aryl methyl sites for hydroxylation is 1. The van der Waals surface area contributed by atoms with Gasteiger partial charge in [0.05, 0.1) is 5.56 Å². The SMILES string of the molecule is CCc1cc(C(C)C)cc(C(F)(F)F)c1.